The average molecular weight is 288 g/mol. The Morgan fingerprint density at radius 3 is 2.75 bits per heavy atom. The van der Waals surface area contributed by atoms with Gasteiger partial charge in [-0.25, -0.2) is 0 Å². The summed E-state index contributed by atoms with van der Waals surface area (Å²) >= 11 is 1.74. The van der Waals surface area contributed by atoms with Crippen molar-refractivity contribution in [3.8, 4) is 0 Å². The number of nitrogens with zero attached hydrogens (tertiary/aromatic N) is 1. The molecule has 1 N–H and O–H groups in total. The molecule has 0 amide bonds. The van der Waals surface area contributed by atoms with Gasteiger partial charge in [-0.15, -0.1) is 11.3 Å². The predicted octanol–water partition coefficient (Wildman–Crippen LogP) is 4.53. The lowest BCUT2D eigenvalue weighted by atomic mass is 10.1. The lowest BCUT2D eigenvalue weighted by Gasteiger charge is -2.19. The van der Waals surface area contributed by atoms with Crippen molar-refractivity contribution in [3.63, 3.8) is 0 Å². The van der Waals surface area contributed by atoms with E-state index in [0.717, 1.165) is 5.69 Å². The number of benzene rings is 1. The van der Waals surface area contributed by atoms with Crippen molar-refractivity contribution in [1.29, 1.82) is 0 Å². The largest absolute Gasteiger partial charge is 0.377 e. The molecule has 0 saturated heterocycles. The normalized spacial score (nSPS) is 15.8. The van der Waals surface area contributed by atoms with E-state index in [1.807, 2.05) is 6.07 Å². The molecule has 1 fully saturated rings. The summed E-state index contributed by atoms with van der Waals surface area (Å²) in [4.78, 5) is 12.0. The summed E-state index contributed by atoms with van der Waals surface area (Å²) in [7, 11) is 0. The van der Waals surface area contributed by atoms with Gasteiger partial charge in [0.2, 0.25) is 0 Å². The summed E-state index contributed by atoms with van der Waals surface area (Å²) in [6.45, 7) is 1.80. The molecule has 2 aromatic rings. The Labute approximate surface area is 121 Å². The molecule has 1 heterocycles. The first-order valence-corrected chi connectivity index (χ1v) is 7.58. The number of nitro benzene ring substituents is 1. The van der Waals surface area contributed by atoms with Crippen LogP contribution in [0.1, 0.15) is 29.3 Å². The van der Waals surface area contributed by atoms with Crippen LogP contribution in [0.2, 0.25) is 0 Å². The van der Waals surface area contributed by atoms with E-state index in [1.54, 1.807) is 30.4 Å². The fourth-order valence-electron chi connectivity index (χ4n) is 2.46. The van der Waals surface area contributed by atoms with Crippen LogP contribution in [0.3, 0.4) is 0 Å². The molecule has 5 heteroatoms. The molecule has 1 saturated carbocycles. The molecule has 3 rings (SSSR count). The van der Waals surface area contributed by atoms with Gasteiger partial charge in [0.15, 0.2) is 0 Å². The van der Waals surface area contributed by atoms with Gasteiger partial charge in [-0.2, -0.15) is 0 Å². The van der Waals surface area contributed by atoms with E-state index in [1.165, 1.54) is 17.7 Å². The summed E-state index contributed by atoms with van der Waals surface area (Å²) in [6.07, 6.45) is 2.45. The maximum Gasteiger partial charge on any atom is 0.274 e. The van der Waals surface area contributed by atoms with Crippen LogP contribution < -0.4 is 5.32 Å². The topological polar surface area (TPSA) is 55.2 Å². The van der Waals surface area contributed by atoms with Crippen molar-refractivity contribution in [1.82, 2.24) is 0 Å². The Kier molecular flexibility index (Phi) is 3.44. The molecule has 1 aliphatic rings. The molecule has 1 atom stereocenters. The molecule has 1 unspecified atom stereocenters. The minimum atomic E-state index is -0.322. The molecular formula is C15H16N2O2S. The number of nitrogens with one attached hydrogen (secondary N) is 1. The Morgan fingerprint density at radius 2 is 2.15 bits per heavy atom. The van der Waals surface area contributed by atoms with Crippen LogP contribution in [0.25, 0.3) is 0 Å². The Morgan fingerprint density at radius 1 is 1.35 bits per heavy atom. The van der Waals surface area contributed by atoms with Crippen LogP contribution in [-0.2, 0) is 0 Å². The molecule has 0 aliphatic heterocycles. The van der Waals surface area contributed by atoms with Crippen molar-refractivity contribution in [3.05, 3.63) is 56.3 Å². The van der Waals surface area contributed by atoms with Gasteiger partial charge in [0.1, 0.15) is 0 Å². The van der Waals surface area contributed by atoms with Crippen molar-refractivity contribution in [2.75, 3.05) is 5.32 Å². The van der Waals surface area contributed by atoms with E-state index in [4.69, 9.17) is 0 Å². The Hall–Kier alpha value is -1.88. The van der Waals surface area contributed by atoms with E-state index in [-0.39, 0.29) is 16.7 Å². The van der Waals surface area contributed by atoms with E-state index in [2.05, 4.69) is 22.8 Å². The lowest BCUT2D eigenvalue weighted by Crippen LogP contribution is -2.12. The smallest absolute Gasteiger partial charge is 0.274 e. The van der Waals surface area contributed by atoms with Gasteiger partial charge < -0.3 is 5.32 Å². The molecular weight excluding hydrogens is 272 g/mol. The first kappa shape index (κ1) is 13.1. The number of hydrogen-bond acceptors (Lipinski definition) is 4. The third-order valence-corrected chi connectivity index (χ3v) is 4.71. The Balaban J connectivity index is 1.89. The maximum absolute atomic E-state index is 11.0. The molecule has 1 aliphatic carbocycles. The summed E-state index contributed by atoms with van der Waals surface area (Å²) in [6, 6.07) is 9.68. The molecule has 104 valence electrons. The van der Waals surface area contributed by atoms with Crippen LogP contribution >= 0.6 is 11.3 Å². The molecule has 4 nitrogen and oxygen atoms in total. The Bertz CT molecular complexity index is 621. The number of rotatable bonds is 5. The molecule has 1 aromatic carbocycles. The molecule has 0 bridgehead atoms. The minimum Gasteiger partial charge on any atom is -0.377 e. The zero-order chi connectivity index (χ0) is 14.1. The molecule has 1 aromatic heterocycles. The fraction of sp³-hybridized carbons (Fsp3) is 0.333. The summed E-state index contributed by atoms with van der Waals surface area (Å²) < 4.78 is 0. The van der Waals surface area contributed by atoms with Crippen molar-refractivity contribution in [2.24, 2.45) is 5.92 Å². The second kappa shape index (κ2) is 5.25. The second-order valence-corrected chi connectivity index (χ2v) is 6.16. The van der Waals surface area contributed by atoms with Crippen LogP contribution in [0.15, 0.2) is 35.7 Å². The van der Waals surface area contributed by atoms with Gasteiger partial charge in [0.25, 0.3) is 5.69 Å². The standard InChI is InChI=1S/C15H16N2O2S/c1-10-12(4-2-5-13(10)17(18)19)16-15(11-7-8-11)14-6-3-9-20-14/h2-6,9,11,15-16H,7-8H2,1H3. The van der Waals surface area contributed by atoms with Gasteiger partial charge in [0.05, 0.1) is 11.0 Å². The second-order valence-electron chi connectivity index (χ2n) is 5.18. The summed E-state index contributed by atoms with van der Waals surface area (Å²) in [5, 5.41) is 16.6. The number of anilines is 1. The number of thiophene rings is 1. The molecule has 0 spiro atoms. The van der Waals surface area contributed by atoms with Gasteiger partial charge in [0, 0.05) is 22.2 Å². The number of nitro groups is 1. The van der Waals surface area contributed by atoms with Crippen molar-refractivity contribution >= 4 is 22.7 Å². The third kappa shape index (κ3) is 2.54. The maximum atomic E-state index is 11.0. The van der Waals surface area contributed by atoms with E-state index in [9.17, 15) is 10.1 Å². The van der Waals surface area contributed by atoms with Gasteiger partial charge in [-0.1, -0.05) is 12.1 Å². The van der Waals surface area contributed by atoms with Crippen molar-refractivity contribution in [2.45, 2.75) is 25.8 Å². The SMILES string of the molecule is Cc1c(NC(c2cccs2)C2CC2)cccc1[N+](=O)[O-]. The van der Waals surface area contributed by atoms with Gasteiger partial charge >= 0.3 is 0 Å². The highest BCUT2D eigenvalue weighted by molar-refractivity contribution is 7.10. The number of hydrogen-bond donors (Lipinski definition) is 1. The average Bonchev–Trinajstić information content (AvgIpc) is 3.11. The highest BCUT2D eigenvalue weighted by Crippen LogP contribution is 2.44. The first-order valence-electron chi connectivity index (χ1n) is 6.71. The van der Waals surface area contributed by atoms with E-state index in [0.29, 0.717) is 11.5 Å². The van der Waals surface area contributed by atoms with Crippen LogP contribution in [0, 0.1) is 23.0 Å². The van der Waals surface area contributed by atoms with Gasteiger partial charge in [-0.05, 0) is 43.2 Å². The highest BCUT2D eigenvalue weighted by atomic mass is 32.1. The lowest BCUT2D eigenvalue weighted by molar-refractivity contribution is -0.385. The van der Waals surface area contributed by atoms with Crippen LogP contribution in [-0.4, -0.2) is 4.92 Å². The monoisotopic (exact) mass is 288 g/mol. The van der Waals surface area contributed by atoms with Crippen LogP contribution in [0.5, 0.6) is 0 Å². The molecule has 0 radical (unpaired) electrons. The third-order valence-electron chi connectivity index (χ3n) is 3.76. The zero-order valence-electron chi connectivity index (χ0n) is 11.2. The zero-order valence-corrected chi connectivity index (χ0v) is 12.0. The quantitative estimate of drug-likeness (QED) is 0.649. The van der Waals surface area contributed by atoms with E-state index >= 15 is 0 Å². The first-order chi connectivity index (χ1) is 9.66. The van der Waals surface area contributed by atoms with Crippen molar-refractivity contribution < 1.29 is 4.92 Å². The fourth-order valence-corrected chi connectivity index (χ4v) is 3.33. The van der Waals surface area contributed by atoms with E-state index < -0.39 is 0 Å². The summed E-state index contributed by atoms with van der Waals surface area (Å²) in [5.41, 5.74) is 1.75. The van der Waals surface area contributed by atoms with Gasteiger partial charge in [-0.3, -0.25) is 10.1 Å². The minimum absolute atomic E-state index is 0.177. The predicted molar refractivity (Wildman–Crippen MR) is 81.2 cm³/mol. The summed E-state index contributed by atoms with van der Waals surface area (Å²) in [5.74, 6) is 0.646. The molecule has 20 heavy (non-hydrogen) atoms. The highest BCUT2D eigenvalue weighted by Gasteiger charge is 2.33. The van der Waals surface area contributed by atoms with Crippen LogP contribution in [0.4, 0.5) is 11.4 Å².